The molecule has 4 aromatic rings. The maximum absolute atomic E-state index is 13.3. The van der Waals surface area contributed by atoms with E-state index in [-0.39, 0.29) is 17.4 Å². The Balaban J connectivity index is 1.55. The molecule has 1 atom stereocenters. The number of nitrogens with one attached hydrogen (secondary N) is 1. The number of ether oxygens (including phenoxy) is 1. The van der Waals surface area contributed by atoms with E-state index in [4.69, 9.17) is 9.15 Å². The minimum Gasteiger partial charge on any atom is -0.456 e. The number of likely N-dealkylation sites (N-methyl/N-ethyl adjacent to an activating group) is 1. The van der Waals surface area contributed by atoms with Gasteiger partial charge >= 0.3 is 5.97 Å². The quantitative estimate of drug-likeness (QED) is 0.303. The van der Waals surface area contributed by atoms with Gasteiger partial charge in [-0.25, -0.2) is 4.79 Å². The molecule has 0 fully saturated rings. The molecule has 0 radical (unpaired) electrons. The highest BCUT2D eigenvalue weighted by Gasteiger charge is 2.25. The average Bonchev–Trinajstić information content (AvgIpc) is 3.15. The average molecular weight is 525 g/mol. The molecule has 0 saturated carbocycles. The van der Waals surface area contributed by atoms with Crippen LogP contribution in [0.2, 0.25) is 0 Å². The number of para-hydroxylation sites is 1. The van der Waals surface area contributed by atoms with Crippen molar-refractivity contribution in [3.63, 3.8) is 0 Å². The Labute approximate surface area is 227 Å². The van der Waals surface area contributed by atoms with Gasteiger partial charge < -0.3 is 19.4 Å². The van der Waals surface area contributed by atoms with E-state index in [0.29, 0.717) is 34.4 Å². The summed E-state index contributed by atoms with van der Waals surface area (Å²) in [6.07, 6.45) is 0.319. The Morgan fingerprint density at radius 1 is 1.05 bits per heavy atom. The van der Waals surface area contributed by atoms with E-state index >= 15 is 0 Å². The van der Waals surface area contributed by atoms with Crippen LogP contribution in [0, 0.1) is 6.92 Å². The molecule has 200 valence electrons. The largest absolute Gasteiger partial charge is 0.456 e. The van der Waals surface area contributed by atoms with Crippen molar-refractivity contribution in [1.29, 1.82) is 0 Å². The summed E-state index contributed by atoms with van der Waals surface area (Å²) in [4.78, 5) is 40.0. The number of anilines is 2. The fourth-order valence-corrected chi connectivity index (χ4v) is 4.95. The normalized spacial score (nSPS) is 13.9. The van der Waals surface area contributed by atoms with Gasteiger partial charge in [0.15, 0.2) is 5.43 Å². The number of hydrogen-bond donors (Lipinski definition) is 1. The zero-order valence-electron chi connectivity index (χ0n) is 23.0. The third kappa shape index (κ3) is 5.17. The lowest BCUT2D eigenvalue weighted by molar-refractivity contribution is -0.117. The van der Waals surface area contributed by atoms with Crippen molar-refractivity contribution in [3.8, 4) is 11.3 Å². The maximum atomic E-state index is 13.3. The van der Waals surface area contributed by atoms with Crippen LogP contribution in [0.3, 0.4) is 0 Å². The molecular weight excluding hydrogens is 492 g/mol. The third-order valence-corrected chi connectivity index (χ3v) is 6.83. The minimum atomic E-state index is -0.622. The summed E-state index contributed by atoms with van der Waals surface area (Å²) in [7, 11) is 1.76. The molecule has 2 heterocycles. The molecule has 0 spiro atoms. The van der Waals surface area contributed by atoms with Crippen LogP contribution in [0.25, 0.3) is 22.3 Å². The van der Waals surface area contributed by atoms with Crippen molar-refractivity contribution in [3.05, 3.63) is 93.1 Å². The lowest BCUT2D eigenvalue weighted by atomic mass is 9.99. The summed E-state index contributed by atoms with van der Waals surface area (Å²) in [5, 5.41) is 3.91. The van der Waals surface area contributed by atoms with Gasteiger partial charge in [0.05, 0.1) is 23.4 Å². The van der Waals surface area contributed by atoms with E-state index in [1.165, 1.54) is 6.07 Å². The predicted molar refractivity (Wildman–Crippen MR) is 153 cm³/mol. The number of carbonyl (C=O) groups excluding carboxylic acids is 2. The summed E-state index contributed by atoms with van der Waals surface area (Å²) in [6, 6.07) is 17.9. The molecule has 1 aromatic heterocycles. The van der Waals surface area contributed by atoms with E-state index in [9.17, 15) is 14.4 Å². The number of rotatable bonds is 5. The maximum Gasteiger partial charge on any atom is 0.340 e. The van der Waals surface area contributed by atoms with E-state index in [2.05, 4.69) is 5.32 Å². The van der Waals surface area contributed by atoms with Gasteiger partial charge in [-0.1, -0.05) is 18.2 Å². The molecular formula is C32H32N2O5. The number of hydrogen-bond acceptors (Lipinski definition) is 6. The molecule has 1 unspecified atom stereocenters. The van der Waals surface area contributed by atoms with Crippen LogP contribution in [0.5, 0.6) is 0 Å². The molecule has 1 amide bonds. The van der Waals surface area contributed by atoms with Gasteiger partial charge in [0.1, 0.15) is 16.9 Å². The Kier molecular flexibility index (Phi) is 6.54. The fourth-order valence-electron chi connectivity index (χ4n) is 4.95. The smallest absolute Gasteiger partial charge is 0.340 e. The molecule has 3 aromatic carbocycles. The molecule has 1 aliphatic rings. The molecule has 1 aliphatic heterocycles. The standard InChI is InChI=1S/C32H32N2O5/c1-18-13-23(19(2)33-25-10-8-7-9-22(25)31(37)39-32(3,4)5)30-24(14-18)27(35)17-28(38-30)20-11-12-26-21(15-20)16-29(36)34(26)6/h7-15,17,19,33H,16H2,1-6H3. The van der Waals surface area contributed by atoms with Crippen molar-refractivity contribution >= 4 is 34.2 Å². The van der Waals surface area contributed by atoms with Gasteiger partial charge in [-0.2, -0.15) is 0 Å². The van der Waals surface area contributed by atoms with Crippen molar-refractivity contribution in [2.45, 2.75) is 52.7 Å². The van der Waals surface area contributed by atoms with Gasteiger partial charge in [-0.15, -0.1) is 0 Å². The number of amides is 1. The summed E-state index contributed by atoms with van der Waals surface area (Å²) in [5.74, 6) is 0.0525. The van der Waals surface area contributed by atoms with Crippen molar-refractivity contribution in [2.24, 2.45) is 0 Å². The molecule has 0 aliphatic carbocycles. The van der Waals surface area contributed by atoms with Crippen molar-refractivity contribution < 1.29 is 18.7 Å². The van der Waals surface area contributed by atoms with Crippen molar-refractivity contribution in [2.75, 3.05) is 17.3 Å². The molecule has 0 saturated heterocycles. The Morgan fingerprint density at radius 3 is 2.54 bits per heavy atom. The first-order valence-electron chi connectivity index (χ1n) is 13.0. The van der Waals surface area contributed by atoms with E-state index in [1.807, 2.05) is 77.1 Å². The second-order valence-electron chi connectivity index (χ2n) is 11.1. The highest BCUT2D eigenvalue weighted by atomic mass is 16.6. The van der Waals surface area contributed by atoms with Crippen LogP contribution in [-0.2, 0) is 16.0 Å². The Morgan fingerprint density at radius 2 is 1.79 bits per heavy atom. The van der Waals surface area contributed by atoms with Gasteiger partial charge in [-0.05, 0) is 82.1 Å². The first kappa shape index (κ1) is 26.2. The number of fused-ring (bicyclic) bond motifs is 2. The van der Waals surface area contributed by atoms with Crippen LogP contribution in [0.1, 0.15) is 60.8 Å². The molecule has 39 heavy (non-hydrogen) atoms. The molecule has 0 bridgehead atoms. The zero-order chi connectivity index (χ0) is 28.1. The summed E-state index contributed by atoms with van der Waals surface area (Å²) in [5.41, 5.74) is 4.98. The van der Waals surface area contributed by atoms with Gasteiger partial charge in [0.2, 0.25) is 5.91 Å². The number of esters is 1. The first-order chi connectivity index (χ1) is 18.4. The van der Waals surface area contributed by atoms with Crippen molar-refractivity contribution in [1.82, 2.24) is 0 Å². The molecule has 7 heteroatoms. The Bertz CT molecular complexity index is 1680. The first-order valence-corrected chi connectivity index (χ1v) is 13.0. The molecule has 5 rings (SSSR count). The van der Waals surface area contributed by atoms with Gasteiger partial charge in [-0.3, -0.25) is 9.59 Å². The highest BCUT2D eigenvalue weighted by molar-refractivity contribution is 6.01. The number of benzene rings is 3. The summed E-state index contributed by atoms with van der Waals surface area (Å²) in [6.45, 7) is 9.40. The van der Waals surface area contributed by atoms with Crippen LogP contribution in [-0.4, -0.2) is 24.5 Å². The lowest BCUT2D eigenvalue weighted by Gasteiger charge is -2.23. The highest BCUT2D eigenvalue weighted by Crippen LogP contribution is 2.35. The Hall–Kier alpha value is -4.39. The lowest BCUT2D eigenvalue weighted by Crippen LogP contribution is -2.24. The predicted octanol–water partition coefficient (Wildman–Crippen LogP) is 6.42. The number of aryl methyl sites for hydroxylation is 1. The second kappa shape index (κ2) is 9.73. The zero-order valence-corrected chi connectivity index (χ0v) is 23.0. The van der Waals surface area contributed by atoms with Gasteiger partial charge in [0.25, 0.3) is 0 Å². The fraction of sp³-hybridized carbons (Fsp3) is 0.281. The molecule has 1 N–H and O–H groups in total. The van der Waals surface area contributed by atoms with E-state index < -0.39 is 11.6 Å². The monoisotopic (exact) mass is 524 g/mol. The SMILES string of the molecule is Cc1cc(C(C)Nc2ccccc2C(=O)OC(C)(C)C)c2oc(-c3ccc4c(c3)CC(=O)N4C)cc(=O)c2c1. The van der Waals surface area contributed by atoms with Crippen LogP contribution < -0.4 is 15.6 Å². The van der Waals surface area contributed by atoms with Crippen LogP contribution in [0.15, 0.2) is 69.9 Å². The topological polar surface area (TPSA) is 88.8 Å². The summed E-state index contributed by atoms with van der Waals surface area (Å²) < 4.78 is 12.0. The third-order valence-electron chi connectivity index (χ3n) is 6.83. The number of carbonyl (C=O) groups is 2. The molecule has 7 nitrogen and oxygen atoms in total. The number of nitrogens with zero attached hydrogens (tertiary/aromatic N) is 1. The summed E-state index contributed by atoms with van der Waals surface area (Å²) >= 11 is 0. The van der Waals surface area contributed by atoms with E-state index in [0.717, 1.165) is 27.9 Å². The van der Waals surface area contributed by atoms with E-state index in [1.54, 1.807) is 24.1 Å². The second-order valence-corrected chi connectivity index (χ2v) is 11.1. The van der Waals surface area contributed by atoms with Crippen LogP contribution in [0.4, 0.5) is 11.4 Å². The minimum absolute atomic E-state index is 0.0337. The van der Waals surface area contributed by atoms with Crippen LogP contribution >= 0.6 is 0 Å². The van der Waals surface area contributed by atoms with Gasteiger partial charge in [0, 0.05) is 35.6 Å².